The summed E-state index contributed by atoms with van der Waals surface area (Å²) in [5, 5.41) is 42.6. The number of ketones is 1. The monoisotopic (exact) mass is 452 g/mol. The number of rotatable bonds is 9. The van der Waals surface area contributed by atoms with Crippen molar-refractivity contribution in [2.45, 2.75) is 90.0 Å². The van der Waals surface area contributed by atoms with Crippen LogP contribution in [0.15, 0.2) is 6.07 Å². The Kier molecular flexibility index (Phi) is 7.39. The highest BCUT2D eigenvalue weighted by Gasteiger charge is 2.68. The Labute approximate surface area is 189 Å². The maximum absolute atomic E-state index is 13.6. The Morgan fingerprint density at radius 1 is 1.25 bits per heavy atom. The lowest BCUT2D eigenvalue weighted by Crippen LogP contribution is -2.55. The Morgan fingerprint density at radius 3 is 2.44 bits per heavy atom. The van der Waals surface area contributed by atoms with Crippen LogP contribution in [0.3, 0.4) is 0 Å². The SMILES string of the molecule is CCCC(C(=O)c1cc(CC(C)C)c(O)c(OC)c1O)C1CC(O)C2(OC2CC)[C@@H](O)O1. The van der Waals surface area contributed by atoms with Crippen molar-refractivity contribution >= 4 is 5.78 Å². The minimum absolute atomic E-state index is 0.0377. The van der Waals surface area contributed by atoms with Crippen LogP contribution in [0.4, 0.5) is 0 Å². The summed E-state index contributed by atoms with van der Waals surface area (Å²) < 4.78 is 16.6. The second-order valence-electron chi connectivity index (χ2n) is 9.32. The number of methoxy groups -OCH3 is 1. The fraction of sp³-hybridized carbons (Fsp3) is 0.708. The third kappa shape index (κ3) is 4.21. The van der Waals surface area contributed by atoms with E-state index in [1.54, 1.807) is 0 Å². The van der Waals surface area contributed by atoms with Crippen LogP contribution in [0.5, 0.6) is 17.2 Å². The number of carbonyl (C=O) groups is 1. The summed E-state index contributed by atoms with van der Waals surface area (Å²) >= 11 is 0. The molecule has 2 aliphatic rings. The lowest BCUT2D eigenvalue weighted by Gasteiger charge is -2.39. The van der Waals surface area contributed by atoms with Crippen molar-refractivity contribution in [3.05, 3.63) is 17.2 Å². The molecule has 0 saturated carbocycles. The van der Waals surface area contributed by atoms with Crippen molar-refractivity contribution in [1.29, 1.82) is 0 Å². The van der Waals surface area contributed by atoms with Crippen LogP contribution in [0.2, 0.25) is 0 Å². The van der Waals surface area contributed by atoms with E-state index in [4.69, 9.17) is 14.2 Å². The number of aromatic hydroxyl groups is 2. The van der Waals surface area contributed by atoms with Gasteiger partial charge in [-0.25, -0.2) is 0 Å². The summed E-state index contributed by atoms with van der Waals surface area (Å²) in [4.78, 5) is 13.6. The zero-order valence-electron chi connectivity index (χ0n) is 19.5. The lowest BCUT2D eigenvalue weighted by molar-refractivity contribution is -0.239. The van der Waals surface area contributed by atoms with Crippen molar-refractivity contribution in [2.75, 3.05) is 7.11 Å². The first kappa shape index (κ1) is 24.8. The van der Waals surface area contributed by atoms with E-state index >= 15 is 0 Å². The average Bonchev–Trinajstić information content (AvgIpc) is 3.48. The molecule has 1 spiro atoms. The van der Waals surface area contributed by atoms with Gasteiger partial charge in [0.15, 0.2) is 29.2 Å². The molecule has 2 saturated heterocycles. The fourth-order valence-corrected chi connectivity index (χ4v) is 4.94. The summed E-state index contributed by atoms with van der Waals surface area (Å²) in [7, 11) is 1.32. The number of carbonyl (C=O) groups excluding carboxylic acids is 1. The number of aliphatic hydroxyl groups excluding tert-OH is 2. The zero-order chi connectivity index (χ0) is 23.8. The van der Waals surface area contributed by atoms with Crippen LogP contribution in [0, 0.1) is 11.8 Å². The van der Waals surface area contributed by atoms with Gasteiger partial charge in [0.25, 0.3) is 0 Å². The van der Waals surface area contributed by atoms with Gasteiger partial charge in [0.1, 0.15) is 0 Å². The first-order valence-electron chi connectivity index (χ1n) is 11.5. The smallest absolute Gasteiger partial charge is 0.203 e. The molecular formula is C24H36O8. The first-order valence-corrected chi connectivity index (χ1v) is 11.5. The van der Waals surface area contributed by atoms with E-state index in [-0.39, 0.29) is 41.3 Å². The molecule has 4 N–H and O–H groups in total. The molecule has 8 heteroatoms. The highest BCUT2D eigenvalue weighted by Crippen LogP contribution is 2.51. The van der Waals surface area contributed by atoms with Crippen LogP contribution in [0.1, 0.15) is 69.3 Å². The van der Waals surface area contributed by atoms with Gasteiger partial charge in [-0.15, -0.1) is 0 Å². The standard InChI is InChI=1S/C24H36O8/c1-6-8-14(16-11-17(25)24(23(29)31-16)18(7-2)32-24)20(27)15-10-13(9-12(3)4)19(26)22(30-5)21(15)28/h10,12,14,16-18,23,25-26,28-29H,6-9,11H2,1-5H3/t14?,16?,17?,18?,23-,24?/m0/s1. The molecule has 0 bridgehead atoms. The number of hydrogen-bond acceptors (Lipinski definition) is 8. The summed E-state index contributed by atoms with van der Waals surface area (Å²) in [6.45, 7) is 7.80. The number of hydrogen-bond donors (Lipinski definition) is 4. The Balaban J connectivity index is 1.93. The maximum atomic E-state index is 13.6. The van der Waals surface area contributed by atoms with Crippen LogP contribution < -0.4 is 4.74 Å². The van der Waals surface area contributed by atoms with Gasteiger partial charge in [-0.05, 0) is 36.8 Å². The number of Topliss-reactive ketones (excluding diaryl/α,β-unsaturated/α-hetero) is 1. The lowest BCUT2D eigenvalue weighted by atomic mass is 9.80. The number of epoxide rings is 1. The molecule has 180 valence electrons. The van der Waals surface area contributed by atoms with Crippen molar-refractivity contribution in [1.82, 2.24) is 0 Å². The molecule has 5 unspecified atom stereocenters. The third-order valence-corrected chi connectivity index (χ3v) is 6.62. The zero-order valence-corrected chi connectivity index (χ0v) is 19.5. The topological polar surface area (TPSA) is 129 Å². The van der Waals surface area contributed by atoms with Crippen LogP contribution in [-0.4, -0.2) is 63.5 Å². The number of ether oxygens (including phenoxy) is 3. The van der Waals surface area contributed by atoms with Crippen molar-refractivity contribution in [2.24, 2.45) is 11.8 Å². The molecule has 6 atom stereocenters. The molecule has 0 aliphatic carbocycles. The van der Waals surface area contributed by atoms with Gasteiger partial charge in [-0.2, -0.15) is 0 Å². The molecule has 32 heavy (non-hydrogen) atoms. The third-order valence-electron chi connectivity index (χ3n) is 6.62. The Morgan fingerprint density at radius 2 is 1.94 bits per heavy atom. The van der Waals surface area contributed by atoms with Crippen molar-refractivity contribution in [3.63, 3.8) is 0 Å². The number of phenolic OH excluding ortho intramolecular Hbond substituents is 2. The predicted molar refractivity (Wildman–Crippen MR) is 117 cm³/mol. The molecule has 2 aliphatic heterocycles. The highest BCUT2D eigenvalue weighted by molar-refractivity contribution is 6.02. The molecule has 0 amide bonds. The van der Waals surface area contributed by atoms with E-state index in [0.717, 1.165) is 0 Å². The van der Waals surface area contributed by atoms with Crippen molar-refractivity contribution < 1.29 is 39.4 Å². The number of aliphatic hydroxyl groups is 2. The number of phenols is 2. The minimum atomic E-state index is -1.34. The Bertz CT molecular complexity index is 824. The highest BCUT2D eigenvalue weighted by atomic mass is 16.7. The predicted octanol–water partition coefficient (Wildman–Crippen LogP) is 2.92. The number of benzene rings is 1. The normalized spacial score (nSPS) is 30.5. The molecule has 8 nitrogen and oxygen atoms in total. The van der Waals surface area contributed by atoms with Gasteiger partial charge in [0, 0.05) is 12.3 Å². The molecular weight excluding hydrogens is 416 g/mol. The van der Waals surface area contributed by atoms with Gasteiger partial charge in [-0.1, -0.05) is 34.1 Å². The molecule has 2 heterocycles. The van der Waals surface area contributed by atoms with E-state index in [1.807, 2.05) is 27.7 Å². The first-order chi connectivity index (χ1) is 15.1. The van der Waals surface area contributed by atoms with Crippen LogP contribution >= 0.6 is 0 Å². The van der Waals surface area contributed by atoms with Gasteiger partial charge in [-0.3, -0.25) is 4.79 Å². The van der Waals surface area contributed by atoms with Crippen LogP contribution in [0.25, 0.3) is 0 Å². The molecule has 1 aromatic rings. The second kappa shape index (κ2) is 9.55. The van der Waals surface area contributed by atoms with Crippen molar-refractivity contribution in [3.8, 4) is 17.2 Å². The van der Waals surface area contributed by atoms with E-state index < -0.39 is 35.8 Å². The molecule has 0 aromatic heterocycles. The maximum Gasteiger partial charge on any atom is 0.203 e. The van der Waals surface area contributed by atoms with Gasteiger partial charge in [0.2, 0.25) is 5.75 Å². The fourth-order valence-electron chi connectivity index (χ4n) is 4.94. The second-order valence-corrected chi connectivity index (χ2v) is 9.32. The van der Waals surface area contributed by atoms with E-state index in [9.17, 15) is 25.2 Å². The average molecular weight is 453 g/mol. The summed E-state index contributed by atoms with van der Waals surface area (Å²) in [6.07, 6.45) is -0.951. The summed E-state index contributed by atoms with van der Waals surface area (Å²) in [5.41, 5.74) is -0.580. The molecule has 1 aromatic carbocycles. The van der Waals surface area contributed by atoms with Gasteiger partial charge in [0.05, 0.1) is 31.0 Å². The molecule has 0 radical (unpaired) electrons. The largest absolute Gasteiger partial charge is 0.504 e. The van der Waals surface area contributed by atoms with Gasteiger partial charge < -0.3 is 34.6 Å². The minimum Gasteiger partial charge on any atom is -0.504 e. The summed E-state index contributed by atoms with van der Waals surface area (Å²) in [6, 6.07) is 1.51. The summed E-state index contributed by atoms with van der Waals surface area (Å²) in [5.74, 6) is -1.61. The van der Waals surface area contributed by atoms with E-state index in [2.05, 4.69) is 0 Å². The quantitative estimate of drug-likeness (QED) is 0.332. The molecule has 3 rings (SSSR count). The van der Waals surface area contributed by atoms with Crippen LogP contribution in [-0.2, 0) is 15.9 Å². The van der Waals surface area contributed by atoms with E-state index in [0.29, 0.717) is 31.2 Å². The van der Waals surface area contributed by atoms with Gasteiger partial charge >= 0.3 is 0 Å². The Hall–Kier alpha value is -1.87. The molecule has 2 fully saturated rings. The van der Waals surface area contributed by atoms with E-state index in [1.165, 1.54) is 13.2 Å².